The third kappa shape index (κ3) is 4.29. The quantitative estimate of drug-likeness (QED) is 0.592. The molecule has 0 saturated carbocycles. The Labute approximate surface area is 142 Å². The van der Waals surface area contributed by atoms with E-state index in [0.29, 0.717) is 29.6 Å². The van der Waals surface area contributed by atoms with E-state index >= 15 is 0 Å². The molecule has 0 saturated heterocycles. The number of hydrogen-bond acceptors (Lipinski definition) is 4. The van der Waals surface area contributed by atoms with Crippen molar-refractivity contribution < 1.29 is 32.2 Å². The maximum Gasteiger partial charge on any atom is 0.416 e. The van der Waals surface area contributed by atoms with E-state index in [-0.39, 0.29) is 17.9 Å². The monoisotopic (exact) mass is 354 g/mol. The summed E-state index contributed by atoms with van der Waals surface area (Å²) in [5.41, 5.74) is -0.185. The molecule has 0 N–H and O–H groups in total. The van der Waals surface area contributed by atoms with Gasteiger partial charge in [0.05, 0.1) is 26.2 Å². The maximum atomic E-state index is 12.8. The summed E-state index contributed by atoms with van der Waals surface area (Å²) in [6, 6.07) is 2.96. The summed E-state index contributed by atoms with van der Waals surface area (Å²) in [6.45, 7) is 0. The molecule has 0 spiro atoms. The van der Waals surface area contributed by atoms with Gasteiger partial charge in [0.25, 0.3) is 0 Å². The van der Waals surface area contributed by atoms with E-state index < -0.39 is 17.7 Å². The lowest BCUT2D eigenvalue weighted by atomic mass is 9.87. The van der Waals surface area contributed by atoms with E-state index in [1.54, 1.807) is 12.2 Å². The molecular weight excluding hydrogens is 337 g/mol. The predicted octanol–water partition coefficient (Wildman–Crippen LogP) is 4.01. The zero-order chi connectivity index (χ0) is 18.6. The smallest absolute Gasteiger partial charge is 0.416 e. The fraction of sp³-hybridized carbons (Fsp3) is 0.333. The molecule has 0 bridgehead atoms. The molecule has 0 amide bonds. The van der Waals surface area contributed by atoms with Gasteiger partial charge in [-0.2, -0.15) is 13.2 Å². The molecule has 4 nitrogen and oxygen atoms in total. The summed E-state index contributed by atoms with van der Waals surface area (Å²) in [7, 11) is 2.72. The van der Waals surface area contributed by atoms with Gasteiger partial charge in [0.1, 0.15) is 5.76 Å². The van der Waals surface area contributed by atoms with Crippen LogP contribution in [0.3, 0.4) is 0 Å². The minimum absolute atomic E-state index is 0.0947. The van der Waals surface area contributed by atoms with E-state index in [1.165, 1.54) is 20.3 Å². The van der Waals surface area contributed by atoms with Crippen molar-refractivity contribution in [2.75, 3.05) is 14.2 Å². The normalized spacial score (nSPS) is 17.4. The minimum Gasteiger partial charge on any atom is -0.496 e. The molecule has 1 aromatic rings. The lowest BCUT2D eigenvalue weighted by Crippen LogP contribution is -2.13. The summed E-state index contributed by atoms with van der Waals surface area (Å²) in [5.74, 6) is -0.134. The molecular formula is C18H17F3O4. The Hall–Kier alpha value is -2.57. The second-order valence-corrected chi connectivity index (χ2v) is 5.55. The number of halogens is 3. The molecule has 134 valence electrons. The van der Waals surface area contributed by atoms with Crippen LogP contribution in [0.1, 0.15) is 34.3 Å². The van der Waals surface area contributed by atoms with Gasteiger partial charge in [-0.1, -0.05) is 12.1 Å². The average Bonchev–Trinajstić information content (AvgIpc) is 2.60. The lowest BCUT2D eigenvalue weighted by Gasteiger charge is -2.22. The average molecular weight is 354 g/mol. The highest BCUT2D eigenvalue weighted by Gasteiger charge is 2.31. The van der Waals surface area contributed by atoms with E-state index in [4.69, 9.17) is 4.74 Å². The van der Waals surface area contributed by atoms with Crippen molar-refractivity contribution >= 4 is 17.8 Å². The summed E-state index contributed by atoms with van der Waals surface area (Å²) < 4.78 is 48.5. The molecule has 0 aromatic heterocycles. The number of carbonyl (C=O) groups excluding carboxylic acids is 2. The van der Waals surface area contributed by atoms with Crippen LogP contribution < -0.4 is 0 Å². The highest BCUT2D eigenvalue weighted by molar-refractivity contribution is 5.90. The number of esters is 1. The van der Waals surface area contributed by atoms with Crippen LogP contribution in [0.4, 0.5) is 13.2 Å². The van der Waals surface area contributed by atoms with Gasteiger partial charge in [-0.3, -0.25) is 9.59 Å². The molecule has 1 aromatic carbocycles. The highest BCUT2D eigenvalue weighted by Crippen LogP contribution is 2.36. The largest absolute Gasteiger partial charge is 0.496 e. The van der Waals surface area contributed by atoms with Crippen LogP contribution in [-0.4, -0.2) is 26.5 Å². The number of rotatable bonds is 5. The Bertz CT molecular complexity index is 732. The SMILES string of the molecule is COC(=O)CC1C=C(c2ccc(C(F)(F)F)cc2C=O)C(OC)=CC1. The first-order chi connectivity index (χ1) is 11.8. The molecule has 0 fully saturated rings. The van der Waals surface area contributed by atoms with Gasteiger partial charge >= 0.3 is 12.1 Å². The number of ether oxygens (including phenoxy) is 2. The number of alkyl halides is 3. The van der Waals surface area contributed by atoms with Crippen LogP contribution in [0, 0.1) is 5.92 Å². The number of benzene rings is 1. The lowest BCUT2D eigenvalue weighted by molar-refractivity contribution is -0.141. The first-order valence-corrected chi connectivity index (χ1v) is 7.50. The number of aldehydes is 1. The molecule has 0 aliphatic heterocycles. The van der Waals surface area contributed by atoms with E-state index in [2.05, 4.69) is 4.74 Å². The Kier molecular flexibility index (Phi) is 5.66. The Balaban J connectivity index is 2.46. The van der Waals surface area contributed by atoms with Crippen LogP contribution in [0.15, 0.2) is 36.1 Å². The first kappa shape index (κ1) is 18.8. The maximum absolute atomic E-state index is 12.8. The molecule has 7 heteroatoms. The van der Waals surface area contributed by atoms with Crippen molar-refractivity contribution in [1.29, 1.82) is 0 Å². The summed E-state index contributed by atoms with van der Waals surface area (Å²) in [5, 5.41) is 0. The first-order valence-electron chi connectivity index (χ1n) is 7.50. The second kappa shape index (κ2) is 7.55. The standard InChI is InChI=1S/C18H17F3O4/c1-24-16-6-3-11(8-17(23)25-2)7-15(16)14-5-4-13(18(19,20)21)9-12(14)10-22/h4-7,9-11H,3,8H2,1-2H3. The fourth-order valence-corrected chi connectivity index (χ4v) is 2.69. The van der Waals surface area contributed by atoms with Crippen molar-refractivity contribution in [2.24, 2.45) is 5.92 Å². The molecule has 0 heterocycles. The number of carbonyl (C=O) groups is 2. The van der Waals surface area contributed by atoms with Crippen molar-refractivity contribution in [2.45, 2.75) is 19.0 Å². The molecule has 2 rings (SSSR count). The van der Waals surface area contributed by atoms with Gasteiger partial charge in [0, 0.05) is 11.1 Å². The van der Waals surface area contributed by atoms with Crippen molar-refractivity contribution in [3.05, 3.63) is 52.8 Å². The number of allylic oxidation sites excluding steroid dienone is 3. The topological polar surface area (TPSA) is 52.6 Å². The predicted molar refractivity (Wildman–Crippen MR) is 84.6 cm³/mol. The third-order valence-electron chi connectivity index (χ3n) is 3.95. The Morgan fingerprint density at radius 1 is 1.32 bits per heavy atom. The highest BCUT2D eigenvalue weighted by atomic mass is 19.4. The van der Waals surface area contributed by atoms with Gasteiger partial charge in [0.15, 0.2) is 6.29 Å². The Morgan fingerprint density at radius 3 is 2.60 bits per heavy atom. The molecule has 1 unspecified atom stereocenters. The van der Waals surface area contributed by atoms with E-state index in [1.807, 2.05) is 0 Å². The van der Waals surface area contributed by atoms with Crippen LogP contribution in [-0.2, 0) is 20.4 Å². The van der Waals surface area contributed by atoms with Crippen LogP contribution in [0.25, 0.3) is 5.57 Å². The molecule has 25 heavy (non-hydrogen) atoms. The fourth-order valence-electron chi connectivity index (χ4n) is 2.69. The molecule has 1 atom stereocenters. The van der Waals surface area contributed by atoms with Crippen molar-refractivity contribution in [1.82, 2.24) is 0 Å². The van der Waals surface area contributed by atoms with Gasteiger partial charge < -0.3 is 9.47 Å². The van der Waals surface area contributed by atoms with Crippen LogP contribution in [0.2, 0.25) is 0 Å². The van der Waals surface area contributed by atoms with E-state index in [9.17, 15) is 22.8 Å². The van der Waals surface area contributed by atoms with Crippen LogP contribution >= 0.6 is 0 Å². The summed E-state index contributed by atoms with van der Waals surface area (Å²) >= 11 is 0. The van der Waals surface area contributed by atoms with Gasteiger partial charge in [-0.25, -0.2) is 0 Å². The van der Waals surface area contributed by atoms with Crippen molar-refractivity contribution in [3.63, 3.8) is 0 Å². The Morgan fingerprint density at radius 2 is 2.04 bits per heavy atom. The van der Waals surface area contributed by atoms with Crippen LogP contribution in [0.5, 0.6) is 0 Å². The molecule has 1 aliphatic carbocycles. The zero-order valence-electron chi connectivity index (χ0n) is 13.7. The van der Waals surface area contributed by atoms with Gasteiger partial charge in [-0.05, 0) is 36.1 Å². The number of hydrogen-bond donors (Lipinski definition) is 0. The number of methoxy groups -OCH3 is 2. The second-order valence-electron chi connectivity index (χ2n) is 5.55. The summed E-state index contributed by atoms with van der Waals surface area (Å²) in [6.07, 6.45) is -0.0306. The van der Waals surface area contributed by atoms with Gasteiger partial charge in [-0.15, -0.1) is 0 Å². The third-order valence-corrected chi connectivity index (χ3v) is 3.95. The summed E-state index contributed by atoms with van der Waals surface area (Å²) in [4.78, 5) is 22.8. The van der Waals surface area contributed by atoms with E-state index in [0.717, 1.165) is 12.1 Å². The van der Waals surface area contributed by atoms with Gasteiger partial charge in [0.2, 0.25) is 0 Å². The minimum atomic E-state index is -4.54. The zero-order valence-corrected chi connectivity index (χ0v) is 13.7. The molecule has 1 aliphatic rings. The van der Waals surface area contributed by atoms with Crippen molar-refractivity contribution in [3.8, 4) is 0 Å². The molecule has 0 radical (unpaired) electrons.